The lowest BCUT2D eigenvalue weighted by Gasteiger charge is -2.59. The van der Waals surface area contributed by atoms with Crippen LogP contribution in [0.1, 0.15) is 70.6 Å². The zero-order chi connectivity index (χ0) is 26.9. The van der Waals surface area contributed by atoms with Gasteiger partial charge in [-0.1, -0.05) is 5.04 Å². The molecule has 0 aliphatic heterocycles. The summed E-state index contributed by atoms with van der Waals surface area (Å²) in [6.07, 6.45) is 6.21. The molecule has 0 radical (unpaired) electrons. The summed E-state index contributed by atoms with van der Waals surface area (Å²) in [5.74, 6) is -2.62. The molecule has 38 heavy (non-hydrogen) atoms. The molecule has 0 aromatic rings. The van der Waals surface area contributed by atoms with Crippen LogP contribution in [0.3, 0.4) is 0 Å². The molecule has 0 saturated heterocycles. The molecule has 8 aliphatic carbocycles. The number of ether oxygens (including phenoxy) is 3. The maximum atomic E-state index is 13.9. The van der Waals surface area contributed by atoms with Crippen molar-refractivity contribution >= 4 is 30.0 Å². The molecule has 4 unspecified atom stereocenters. The van der Waals surface area contributed by atoms with Gasteiger partial charge >= 0.3 is 23.2 Å². The van der Waals surface area contributed by atoms with Crippen LogP contribution in [0.4, 0.5) is 8.78 Å². The molecular weight excluding hydrogens is 530 g/mol. The molecule has 4 atom stereocenters. The number of rotatable bonds is 9. The average molecular weight is 563 g/mol. The number of alkyl halides is 2. The SMILES string of the molecule is O=C(COC(=O)C12CC3CC(C1)C(OC(=O)C(F)(F)SOOO)C(C3)C2)OC12CC3CC(CC(O)(C3)C1)C2. The second-order valence-corrected chi connectivity index (χ2v) is 13.6. The second kappa shape index (κ2) is 9.25. The van der Waals surface area contributed by atoms with Crippen molar-refractivity contribution in [3.05, 3.63) is 0 Å². The molecule has 0 aromatic heterocycles. The van der Waals surface area contributed by atoms with Crippen LogP contribution in [-0.4, -0.2) is 57.4 Å². The van der Waals surface area contributed by atoms with Crippen LogP contribution < -0.4 is 0 Å². The van der Waals surface area contributed by atoms with E-state index in [0.717, 1.165) is 32.1 Å². The Morgan fingerprint density at radius 1 is 0.921 bits per heavy atom. The summed E-state index contributed by atoms with van der Waals surface area (Å²) in [6, 6.07) is 0. The summed E-state index contributed by atoms with van der Waals surface area (Å²) in [4.78, 5) is 38.1. The van der Waals surface area contributed by atoms with Gasteiger partial charge in [-0.3, -0.25) is 4.79 Å². The minimum atomic E-state index is -4.08. The van der Waals surface area contributed by atoms with Crippen molar-refractivity contribution in [3.8, 4) is 0 Å². The van der Waals surface area contributed by atoms with Crippen molar-refractivity contribution < 1.29 is 57.1 Å². The van der Waals surface area contributed by atoms with Gasteiger partial charge in [0, 0.05) is 6.42 Å². The van der Waals surface area contributed by atoms with Crippen LogP contribution in [0.25, 0.3) is 0 Å². The first-order valence-electron chi connectivity index (χ1n) is 13.3. The Morgan fingerprint density at radius 2 is 1.58 bits per heavy atom. The van der Waals surface area contributed by atoms with Crippen molar-refractivity contribution in [1.82, 2.24) is 0 Å². The Labute approximate surface area is 222 Å². The highest BCUT2D eigenvalue weighted by atomic mass is 32.2. The Balaban J connectivity index is 1.05. The highest BCUT2D eigenvalue weighted by Gasteiger charge is 2.62. The highest BCUT2D eigenvalue weighted by Crippen LogP contribution is 2.62. The lowest BCUT2D eigenvalue weighted by molar-refractivity contribution is -0.433. The molecule has 8 rings (SSSR count). The maximum Gasteiger partial charge on any atom is 0.415 e. The van der Waals surface area contributed by atoms with Crippen LogP contribution >= 0.6 is 12.0 Å². The first-order chi connectivity index (χ1) is 17.9. The van der Waals surface area contributed by atoms with Gasteiger partial charge in [-0.05, 0) is 93.8 Å². The fourth-order valence-corrected chi connectivity index (χ4v) is 9.74. The van der Waals surface area contributed by atoms with Gasteiger partial charge in [-0.2, -0.15) is 8.78 Å². The predicted molar refractivity (Wildman–Crippen MR) is 123 cm³/mol. The second-order valence-electron chi connectivity index (χ2n) is 12.8. The third-order valence-corrected chi connectivity index (χ3v) is 10.4. The first-order valence-corrected chi connectivity index (χ1v) is 14.0. The van der Waals surface area contributed by atoms with Gasteiger partial charge in [-0.25, -0.2) is 14.8 Å². The zero-order valence-corrected chi connectivity index (χ0v) is 21.6. The summed E-state index contributed by atoms with van der Waals surface area (Å²) in [7, 11) is 0. The van der Waals surface area contributed by atoms with Gasteiger partial charge < -0.3 is 19.3 Å². The maximum absolute atomic E-state index is 13.9. The zero-order valence-electron chi connectivity index (χ0n) is 20.8. The van der Waals surface area contributed by atoms with Crippen LogP contribution in [0.5, 0.6) is 0 Å². The Hall–Kier alpha value is -1.54. The number of hydrogen-bond acceptors (Lipinski definition) is 11. The lowest BCUT2D eigenvalue weighted by Crippen LogP contribution is -2.60. The molecule has 0 aromatic carbocycles. The molecule has 8 fully saturated rings. The van der Waals surface area contributed by atoms with E-state index in [0.29, 0.717) is 50.4 Å². The lowest BCUT2D eigenvalue weighted by atomic mass is 9.48. The van der Waals surface area contributed by atoms with Crippen molar-refractivity contribution in [2.75, 3.05) is 6.61 Å². The van der Waals surface area contributed by atoms with Gasteiger partial charge in [0.25, 0.3) is 0 Å². The third kappa shape index (κ3) is 4.71. The molecule has 10 nitrogen and oxygen atoms in total. The quantitative estimate of drug-likeness (QED) is 0.140. The van der Waals surface area contributed by atoms with Crippen LogP contribution in [0.2, 0.25) is 0 Å². The van der Waals surface area contributed by atoms with Gasteiger partial charge in [0.1, 0.15) is 23.7 Å². The van der Waals surface area contributed by atoms with E-state index < -0.39 is 64.5 Å². The Bertz CT molecular complexity index is 977. The fourth-order valence-electron chi connectivity index (χ4n) is 9.50. The number of carbonyl (C=O) groups excluding carboxylic acids is 3. The number of esters is 3. The summed E-state index contributed by atoms with van der Waals surface area (Å²) in [6.45, 7) is -0.509. The van der Waals surface area contributed by atoms with E-state index in [9.17, 15) is 28.3 Å². The standard InChI is InChI=1S/C25H32F2O10S/c26-25(27,38-37-36-32)21(30)34-19-16-2-13-3-17(19)10-22(4-13,9-16)20(29)33-11-18(28)35-24-7-14-1-15(8-24)6-23(31,5-14)12-24/h13-17,19,31-32H,1-12H2. The van der Waals surface area contributed by atoms with Crippen LogP contribution in [-0.2, 0) is 38.0 Å². The summed E-state index contributed by atoms with van der Waals surface area (Å²) in [5.41, 5.74) is -2.31. The van der Waals surface area contributed by atoms with Gasteiger partial charge in [0.2, 0.25) is 0 Å². The van der Waals surface area contributed by atoms with Crippen LogP contribution in [0, 0.1) is 35.0 Å². The van der Waals surface area contributed by atoms with E-state index in [1.807, 2.05) is 0 Å². The number of carbonyl (C=O) groups is 3. The molecule has 8 bridgehead atoms. The summed E-state index contributed by atoms with van der Waals surface area (Å²) < 4.78 is 48.1. The van der Waals surface area contributed by atoms with Gasteiger partial charge in [0.15, 0.2) is 6.61 Å². The van der Waals surface area contributed by atoms with Gasteiger partial charge in [-0.15, -0.1) is 4.33 Å². The number of halogens is 2. The van der Waals surface area contributed by atoms with E-state index >= 15 is 0 Å². The summed E-state index contributed by atoms with van der Waals surface area (Å²) in [5, 5.41) is 18.0. The average Bonchev–Trinajstić information content (AvgIpc) is 2.81. The molecule has 2 N–H and O–H groups in total. The minimum Gasteiger partial charge on any atom is -0.457 e. The largest absolute Gasteiger partial charge is 0.457 e. The molecule has 13 heteroatoms. The van der Waals surface area contributed by atoms with Crippen molar-refractivity contribution in [1.29, 1.82) is 0 Å². The van der Waals surface area contributed by atoms with E-state index in [1.54, 1.807) is 0 Å². The monoisotopic (exact) mass is 562 g/mol. The highest BCUT2D eigenvalue weighted by molar-refractivity contribution is 7.96. The van der Waals surface area contributed by atoms with Crippen molar-refractivity contribution in [2.24, 2.45) is 35.0 Å². The molecule has 8 saturated carbocycles. The van der Waals surface area contributed by atoms with E-state index in [1.165, 1.54) is 0 Å². The van der Waals surface area contributed by atoms with Gasteiger partial charge in [0.05, 0.1) is 11.0 Å². The molecule has 0 heterocycles. The molecule has 0 spiro atoms. The molecular formula is C25H32F2O10S. The normalized spacial score (nSPS) is 44.2. The fraction of sp³-hybridized carbons (Fsp3) is 0.880. The smallest absolute Gasteiger partial charge is 0.415 e. The van der Waals surface area contributed by atoms with Crippen molar-refractivity contribution in [3.63, 3.8) is 0 Å². The Kier molecular flexibility index (Phi) is 6.49. The van der Waals surface area contributed by atoms with Crippen molar-refractivity contribution in [2.45, 2.75) is 93.2 Å². The van der Waals surface area contributed by atoms with E-state index in [-0.39, 0.29) is 17.8 Å². The molecule has 0 amide bonds. The van der Waals surface area contributed by atoms with E-state index in [2.05, 4.69) is 9.37 Å². The number of hydrogen-bond donors (Lipinski definition) is 2. The predicted octanol–water partition coefficient (Wildman–Crippen LogP) is 3.56. The van der Waals surface area contributed by atoms with E-state index in [4.69, 9.17) is 19.5 Å². The topological polar surface area (TPSA) is 138 Å². The molecule has 212 valence electrons. The number of aliphatic hydroxyl groups is 1. The summed E-state index contributed by atoms with van der Waals surface area (Å²) >= 11 is -0.666. The third-order valence-electron chi connectivity index (χ3n) is 9.90. The van der Waals surface area contributed by atoms with Crippen LogP contribution in [0.15, 0.2) is 0 Å². The Morgan fingerprint density at radius 3 is 2.18 bits per heavy atom. The first kappa shape index (κ1) is 26.7. The minimum absolute atomic E-state index is 0.177. The molecule has 8 aliphatic rings.